The van der Waals surface area contributed by atoms with Crippen molar-refractivity contribution in [2.24, 2.45) is 0 Å². The molecule has 0 unspecified atom stereocenters. The zero-order valence-electron chi connectivity index (χ0n) is 15.3. The molecule has 1 aromatic carbocycles. The quantitative estimate of drug-likeness (QED) is 0.691. The fraction of sp³-hybridized carbons (Fsp3) is 0.474. The molecule has 0 amide bonds. The Hall–Kier alpha value is -1.70. The summed E-state index contributed by atoms with van der Waals surface area (Å²) in [6, 6.07) is 5.79. The predicted octanol–water partition coefficient (Wildman–Crippen LogP) is 4.82. The maximum absolute atomic E-state index is 13.6. The summed E-state index contributed by atoms with van der Waals surface area (Å²) in [5.41, 5.74) is 0.0343. The number of aromatic nitrogens is 2. The highest BCUT2D eigenvalue weighted by Gasteiger charge is 2.36. The second-order valence-corrected chi connectivity index (χ2v) is 7.96. The lowest BCUT2D eigenvalue weighted by atomic mass is 9.99. The van der Waals surface area contributed by atoms with Gasteiger partial charge in [0, 0.05) is 31.4 Å². The summed E-state index contributed by atoms with van der Waals surface area (Å²) in [6.45, 7) is 7.37. The maximum atomic E-state index is 13.6. The van der Waals surface area contributed by atoms with E-state index in [0.29, 0.717) is 24.3 Å². The lowest BCUT2D eigenvalue weighted by Crippen LogP contribution is -2.53. The van der Waals surface area contributed by atoms with Gasteiger partial charge in [0.25, 0.3) is 0 Å². The Morgan fingerprint density at radius 3 is 2.48 bits per heavy atom. The van der Waals surface area contributed by atoms with E-state index in [1.165, 1.54) is 18.3 Å². The number of hydrogen-bond donors (Lipinski definition) is 0. The second kappa shape index (κ2) is 7.37. The average molecular weight is 400 g/mol. The molecule has 0 spiro atoms. The van der Waals surface area contributed by atoms with Crippen molar-refractivity contribution in [3.05, 3.63) is 46.9 Å². The van der Waals surface area contributed by atoms with E-state index < -0.39 is 11.7 Å². The highest BCUT2D eigenvalue weighted by Crippen LogP contribution is 2.36. The van der Waals surface area contributed by atoms with Crippen LogP contribution in [0.2, 0.25) is 5.28 Å². The van der Waals surface area contributed by atoms with Crippen LogP contribution in [0.1, 0.15) is 31.9 Å². The van der Waals surface area contributed by atoms with Crippen LogP contribution in [-0.4, -0.2) is 39.7 Å². The summed E-state index contributed by atoms with van der Waals surface area (Å²) in [5.74, 6) is 0. The van der Waals surface area contributed by atoms with Crippen LogP contribution in [0.3, 0.4) is 0 Å². The third kappa shape index (κ3) is 5.18. The summed E-state index contributed by atoms with van der Waals surface area (Å²) in [5, 5.41) is -0.00407. The largest absolute Gasteiger partial charge is 0.416 e. The van der Waals surface area contributed by atoms with Gasteiger partial charge in [0.05, 0.1) is 23.0 Å². The molecule has 2 heterocycles. The zero-order valence-corrected chi connectivity index (χ0v) is 16.1. The van der Waals surface area contributed by atoms with Crippen LogP contribution in [-0.2, 0) is 17.5 Å². The number of halogens is 4. The standard InChI is InChI=1S/C19H21ClF3N3O/c1-18(2,3)27-14-10-26(11-14)9-13-5-4-12(8-15(13)19(21,22)23)16-6-7-24-17(20)25-16/h4-8,14H,9-11H2,1-3H3. The molecule has 1 fully saturated rings. The minimum Gasteiger partial charge on any atom is -0.370 e. The number of likely N-dealkylation sites (tertiary alicyclic amines) is 1. The lowest BCUT2D eigenvalue weighted by Gasteiger charge is -2.42. The molecule has 27 heavy (non-hydrogen) atoms. The third-order valence-corrected chi connectivity index (χ3v) is 4.36. The van der Waals surface area contributed by atoms with Gasteiger partial charge < -0.3 is 4.74 Å². The Bertz CT molecular complexity index is 815. The Morgan fingerprint density at radius 1 is 1.19 bits per heavy atom. The Labute approximate surface area is 161 Å². The molecule has 3 rings (SSSR count). The van der Waals surface area contributed by atoms with Gasteiger partial charge in [-0.1, -0.05) is 12.1 Å². The van der Waals surface area contributed by atoms with Crippen LogP contribution in [0.4, 0.5) is 13.2 Å². The van der Waals surface area contributed by atoms with Gasteiger partial charge in [-0.2, -0.15) is 13.2 Å². The fourth-order valence-corrected chi connectivity index (χ4v) is 3.25. The molecule has 146 valence electrons. The molecular weight excluding hydrogens is 379 g/mol. The summed E-state index contributed by atoms with van der Waals surface area (Å²) in [4.78, 5) is 9.69. The average Bonchev–Trinajstić information content (AvgIpc) is 2.51. The van der Waals surface area contributed by atoms with Crippen molar-refractivity contribution in [1.82, 2.24) is 14.9 Å². The highest BCUT2D eigenvalue weighted by atomic mass is 35.5. The molecule has 0 radical (unpaired) electrons. The first-order chi connectivity index (χ1) is 12.5. The van der Waals surface area contributed by atoms with Gasteiger partial charge in [-0.05, 0) is 50.1 Å². The molecule has 1 aromatic heterocycles. The van der Waals surface area contributed by atoms with Crippen LogP contribution in [0.25, 0.3) is 11.3 Å². The molecule has 4 nitrogen and oxygen atoms in total. The SMILES string of the molecule is CC(C)(C)OC1CN(Cc2ccc(-c3ccnc(Cl)n3)cc2C(F)(F)F)C1. The van der Waals surface area contributed by atoms with Crippen LogP contribution in [0.15, 0.2) is 30.5 Å². The second-order valence-electron chi connectivity index (χ2n) is 7.63. The van der Waals surface area contributed by atoms with E-state index in [-0.39, 0.29) is 29.1 Å². The third-order valence-electron chi connectivity index (χ3n) is 4.18. The molecule has 1 aliphatic heterocycles. The van der Waals surface area contributed by atoms with Crippen LogP contribution < -0.4 is 0 Å². The first kappa shape index (κ1) is 20.0. The minimum absolute atomic E-state index is 0.00407. The van der Waals surface area contributed by atoms with E-state index in [4.69, 9.17) is 16.3 Å². The Morgan fingerprint density at radius 2 is 1.89 bits per heavy atom. The number of hydrogen-bond acceptors (Lipinski definition) is 4. The molecule has 0 bridgehead atoms. The molecular formula is C19H21ClF3N3O. The van der Waals surface area contributed by atoms with Crippen LogP contribution >= 0.6 is 11.6 Å². The number of alkyl halides is 3. The van der Waals surface area contributed by atoms with Gasteiger partial charge in [0.15, 0.2) is 0 Å². The van der Waals surface area contributed by atoms with Gasteiger partial charge in [-0.15, -0.1) is 0 Å². The van der Waals surface area contributed by atoms with Crippen molar-refractivity contribution < 1.29 is 17.9 Å². The number of rotatable bonds is 4. The molecule has 8 heteroatoms. The van der Waals surface area contributed by atoms with Crippen molar-refractivity contribution in [2.45, 2.75) is 45.2 Å². The van der Waals surface area contributed by atoms with Crippen molar-refractivity contribution in [2.75, 3.05) is 13.1 Å². The van der Waals surface area contributed by atoms with E-state index in [1.54, 1.807) is 6.07 Å². The predicted molar refractivity (Wildman–Crippen MR) is 97.4 cm³/mol. The van der Waals surface area contributed by atoms with Gasteiger partial charge in [-0.25, -0.2) is 9.97 Å². The summed E-state index contributed by atoms with van der Waals surface area (Å²) in [7, 11) is 0. The molecule has 2 aromatic rings. The topological polar surface area (TPSA) is 38.2 Å². The first-order valence-electron chi connectivity index (χ1n) is 8.60. The first-order valence-corrected chi connectivity index (χ1v) is 8.98. The minimum atomic E-state index is -4.45. The van der Waals surface area contributed by atoms with Gasteiger partial charge in [0.2, 0.25) is 5.28 Å². The number of nitrogens with zero attached hydrogens (tertiary/aromatic N) is 3. The fourth-order valence-electron chi connectivity index (χ4n) is 3.10. The Kier molecular flexibility index (Phi) is 5.47. The van der Waals surface area contributed by atoms with Crippen molar-refractivity contribution in [3.8, 4) is 11.3 Å². The van der Waals surface area contributed by atoms with E-state index in [0.717, 1.165) is 6.07 Å². The smallest absolute Gasteiger partial charge is 0.370 e. The molecule has 0 atom stereocenters. The number of benzene rings is 1. The van der Waals surface area contributed by atoms with E-state index in [9.17, 15) is 13.2 Å². The van der Waals surface area contributed by atoms with E-state index >= 15 is 0 Å². The lowest BCUT2D eigenvalue weighted by molar-refractivity contribution is -0.140. The molecule has 1 aliphatic rings. The zero-order chi connectivity index (χ0) is 19.8. The maximum Gasteiger partial charge on any atom is 0.416 e. The van der Waals surface area contributed by atoms with E-state index in [1.807, 2.05) is 25.7 Å². The monoisotopic (exact) mass is 399 g/mol. The summed E-state index contributed by atoms with van der Waals surface area (Å²) >= 11 is 5.75. The summed E-state index contributed by atoms with van der Waals surface area (Å²) < 4.78 is 46.6. The van der Waals surface area contributed by atoms with Crippen molar-refractivity contribution >= 4 is 11.6 Å². The Balaban J connectivity index is 1.78. The van der Waals surface area contributed by atoms with Gasteiger partial charge in [-0.3, -0.25) is 4.90 Å². The highest BCUT2D eigenvalue weighted by molar-refractivity contribution is 6.28. The molecule has 0 saturated carbocycles. The van der Waals surface area contributed by atoms with E-state index in [2.05, 4.69) is 9.97 Å². The van der Waals surface area contributed by atoms with Crippen LogP contribution in [0.5, 0.6) is 0 Å². The molecule has 0 aliphatic carbocycles. The van der Waals surface area contributed by atoms with Crippen molar-refractivity contribution in [3.63, 3.8) is 0 Å². The van der Waals surface area contributed by atoms with Crippen LogP contribution in [0, 0.1) is 0 Å². The van der Waals surface area contributed by atoms with Gasteiger partial charge in [0.1, 0.15) is 0 Å². The summed E-state index contributed by atoms with van der Waals surface area (Å²) in [6.07, 6.45) is -2.97. The normalized spacial score (nSPS) is 16.4. The van der Waals surface area contributed by atoms with Gasteiger partial charge >= 0.3 is 6.18 Å². The molecule has 0 N–H and O–H groups in total. The molecule has 1 saturated heterocycles. The number of ether oxygens (including phenoxy) is 1. The van der Waals surface area contributed by atoms with Crippen molar-refractivity contribution in [1.29, 1.82) is 0 Å².